The van der Waals surface area contributed by atoms with Gasteiger partial charge in [0.1, 0.15) is 4.32 Å². The lowest BCUT2D eigenvalue weighted by atomic mass is 9.86. The molecule has 4 nitrogen and oxygen atoms in total. The number of rotatable bonds is 13. The van der Waals surface area contributed by atoms with Crippen LogP contribution in [-0.2, 0) is 19.1 Å². The van der Waals surface area contributed by atoms with E-state index in [1.165, 1.54) is 5.56 Å². The molecule has 0 spiro atoms. The first-order valence-corrected chi connectivity index (χ1v) is 17.3. The lowest BCUT2D eigenvalue weighted by Gasteiger charge is -2.26. The largest absolute Gasteiger partial charge is 0.465 e. The molecule has 0 bridgehead atoms. The molecule has 34 heavy (non-hydrogen) atoms. The van der Waals surface area contributed by atoms with Gasteiger partial charge in [0.15, 0.2) is 0 Å². The first-order valence-electron chi connectivity index (χ1n) is 10.8. The molecule has 0 fully saturated rings. The lowest BCUT2D eigenvalue weighted by molar-refractivity contribution is -0.154. The van der Waals surface area contributed by atoms with E-state index in [1.807, 2.05) is 32.0 Å². The topological polar surface area (TPSA) is 52.6 Å². The van der Waals surface area contributed by atoms with Gasteiger partial charge in [0.2, 0.25) is 9.71 Å². The Bertz CT molecular complexity index is 729. The average Bonchev–Trinajstić information content (AvgIpc) is 2.76. The molecule has 2 radical (unpaired) electrons. The highest BCUT2D eigenvalue weighted by Crippen LogP contribution is 2.37. The fourth-order valence-corrected chi connectivity index (χ4v) is 8.09. The van der Waals surface area contributed by atoms with E-state index in [0.29, 0.717) is 31.0 Å². The van der Waals surface area contributed by atoms with Crippen molar-refractivity contribution >= 4 is 115 Å². The van der Waals surface area contributed by atoms with Gasteiger partial charge in [-0.05, 0) is 39.7 Å². The Balaban J connectivity index is 0.000000722. The van der Waals surface area contributed by atoms with Gasteiger partial charge in [0, 0.05) is 16.1 Å². The Morgan fingerprint density at radius 3 is 1.79 bits per heavy atom. The van der Waals surface area contributed by atoms with Crippen LogP contribution in [0.3, 0.4) is 0 Å². The van der Waals surface area contributed by atoms with Crippen molar-refractivity contribution in [2.75, 3.05) is 13.2 Å². The van der Waals surface area contributed by atoms with Gasteiger partial charge in [-0.3, -0.25) is 9.59 Å². The number of hydrogen-bond acceptors (Lipinski definition) is 4. The Morgan fingerprint density at radius 1 is 0.941 bits per heavy atom. The third kappa shape index (κ3) is 16.4. The van der Waals surface area contributed by atoms with Gasteiger partial charge in [0.25, 0.3) is 0 Å². The first kappa shape index (κ1) is 35.6. The zero-order valence-electron chi connectivity index (χ0n) is 20.5. The minimum Gasteiger partial charge on any atom is -0.465 e. The maximum atomic E-state index is 12.3. The second-order valence-electron chi connectivity index (χ2n) is 8.99. The summed E-state index contributed by atoms with van der Waals surface area (Å²) >= 11 is 11.4. The normalized spacial score (nSPS) is 14.8. The van der Waals surface area contributed by atoms with E-state index in [1.54, 1.807) is 13.8 Å². The summed E-state index contributed by atoms with van der Waals surface area (Å²) in [7, 11) is 1.46. The van der Waals surface area contributed by atoms with Crippen LogP contribution in [-0.4, -0.2) is 50.5 Å². The van der Waals surface area contributed by atoms with Gasteiger partial charge in [-0.1, -0.05) is 76.0 Å². The van der Waals surface area contributed by atoms with E-state index in [9.17, 15) is 9.59 Å². The maximum Gasteiger partial charge on any atom is 0.322 e. The molecule has 5 atom stereocenters. The molecule has 1 rings (SSSR count). The van der Waals surface area contributed by atoms with E-state index >= 15 is 0 Å². The molecule has 0 amide bonds. The molecule has 0 aliphatic rings. The average molecular weight is 860 g/mol. The summed E-state index contributed by atoms with van der Waals surface area (Å²) in [5.74, 6) is -0.314. The summed E-state index contributed by atoms with van der Waals surface area (Å²) in [4.78, 5) is 27.9. The Kier molecular flexibility index (Phi) is 19.6. The lowest BCUT2D eigenvalue weighted by Crippen LogP contribution is -2.29. The number of halogens is 4. The third-order valence-corrected chi connectivity index (χ3v) is 9.57. The van der Waals surface area contributed by atoms with E-state index < -0.39 is 9.74 Å². The van der Waals surface area contributed by atoms with Crippen molar-refractivity contribution in [3.8, 4) is 0 Å². The Labute approximate surface area is 254 Å². The molecular weight excluding hydrogens is 825 g/mol. The molecule has 0 saturated carbocycles. The molecular formula is C22H34B2Br2I2O4P2. The summed E-state index contributed by atoms with van der Waals surface area (Å²) in [6.07, 6.45) is 0.713. The van der Waals surface area contributed by atoms with Crippen LogP contribution in [0.1, 0.15) is 58.4 Å². The molecule has 190 valence electrons. The number of carbonyl (C=O) groups is 2. The van der Waals surface area contributed by atoms with Crippen LogP contribution in [0.15, 0.2) is 30.3 Å². The van der Waals surface area contributed by atoms with Crippen molar-refractivity contribution in [1.82, 2.24) is 0 Å². The highest BCUT2D eigenvalue weighted by atomic mass is 127. The second-order valence-corrected chi connectivity index (χ2v) is 18.9. The van der Waals surface area contributed by atoms with Crippen LogP contribution in [0, 0.1) is 5.41 Å². The van der Waals surface area contributed by atoms with Crippen molar-refractivity contribution in [3.05, 3.63) is 35.9 Å². The first-order chi connectivity index (χ1) is 15.7. The summed E-state index contributed by atoms with van der Waals surface area (Å²) in [5.41, 5.74) is 1.51. The van der Waals surface area contributed by atoms with Gasteiger partial charge >= 0.3 is 11.9 Å². The fraction of sp³-hybridized carbons (Fsp3) is 0.636. The maximum absolute atomic E-state index is 12.3. The van der Waals surface area contributed by atoms with Crippen molar-refractivity contribution in [2.45, 2.75) is 68.4 Å². The van der Waals surface area contributed by atoms with Crippen molar-refractivity contribution in [3.63, 3.8) is 0 Å². The molecule has 0 aliphatic carbocycles. The number of ether oxygens (including phenoxy) is 2. The molecule has 0 saturated heterocycles. The zero-order valence-corrected chi connectivity index (χ0v) is 30.0. The molecule has 5 unspecified atom stereocenters. The van der Waals surface area contributed by atoms with E-state index in [2.05, 4.69) is 112 Å². The SMILES string of the molecule is CC(COC(=O)C(C)(C)Br)P[B]I.CC(COC(=O)C(C)(C)CC(Br)c1ccccc1)P[B]I. The predicted octanol–water partition coefficient (Wildman–Crippen LogP) is 7.86. The predicted molar refractivity (Wildman–Crippen MR) is 177 cm³/mol. The molecule has 0 N–H and O–H groups in total. The summed E-state index contributed by atoms with van der Waals surface area (Å²) in [6, 6.07) is 10.2. The molecule has 1 aromatic carbocycles. The smallest absolute Gasteiger partial charge is 0.322 e. The molecule has 1 aromatic rings. The molecule has 12 heteroatoms. The number of carbonyl (C=O) groups excluding carboxylic acids is 2. The molecule has 0 heterocycles. The number of esters is 2. The minimum atomic E-state index is -0.566. The minimum absolute atomic E-state index is 0.118. The van der Waals surface area contributed by atoms with Crippen LogP contribution < -0.4 is 0 Å². The number of alkyl halides is 2. The Hall–Kier alpha value is 1.57. The van der Waals surface area contributed by atoms with E-state index in [0.717, 1.165) is 16.9 Å². The van der Waals surface area contributed by atoms with E-state index in [4.69, 9.17) is 9.47 Å². The van der Waals surface area contributed by atoms with Crippen molar-refractivity contribution in [2.24, 2.45) is 5.41 Å². The standard InChI is InChI=1S/C15H21BBrIO2P.C7H13BBrIO2P/c1-11(21-16-18)10-20-14(19)15(2,3)9-13(17)12-7-5-4-6-8-12;1-5(13-8-10)4-12-6(11)7(2,3)9/h4-8,11,13,21H,9-10H2,1-3H3;5,13H,4H2,1-3H3. The van der Waals surface area contributed by atoms with Crippen LogP contribution in [0.5, 0.6) is 0 Å². The summed E-state index contributed by atoms with van der Waals surface area (Å²) in [5, 5.41) is 0. The number of hydrogen-bond donors (Lipinski definition) is 0. The van der Waals surface area contributed by atoms with Crippen molar-refractivity contribution < 1.29 is 19.1 Å². The van der Waals surface area contributed by atoms with Crippen LogP contribution >= 0.6 is 93.5 Å². The Morgan fingerprint density at radius 2 is 1.38 bits per heavy atom. The van der Waals surface area contributed by atoms with E-state index in [-0.39, 0.29) is 16.8 Å². The van der Waals surface area contributed by atoms with Crippen molar-refractivity contribution in [1.29, 1.82) is 0 Å². The van der Waals surface area contributed by atoms with Gasteiger partial charge < -0.3 is 9.47 Å². The van der Waals surface area contributed by atoms with Crippen LogP contribution in [0.25, 0.3) is 0 Å². The molecule has 0 aliphatic heterocycles. The number of benzene rings is 1. The summed E-state index contributed by atoms with van der Waals surface area (Å²) < 4.78 is 10.0. The zero-order chi connectivity index (χ0) is 26.4. The highest BCUT2D eigenvalue weighted by Gasteiger charge is 2.32. The second kappa shape index (κ2) is 18.8. The van der Waals surface area contributed by atoms with Gasteiger partial charge in [-0.25, -0.2) is 0 Å². The highest BCUT2D eigenvalue weighted by molar-refractivity contribution is 14.1. The third-order valence-electron chi connectivity index (χ3n) is 4.51. The van der Waals surface area contributed by atoms with Gasteiger partial charge in [-0.15, -0.1) is 16.9 Å². The molecule has 0 aromatic heterocycles. The monoisotopic (exact) mass is 858 g/mol. The van der Waals surface area contributed by atoms with Crippen LogP contribution in [0.4, 0.5) is 0 Å². The van der Waals surface area contributed by atoms with Crippen LogP contribution in [0.2, 0.25) is 0 Å². The quantitative estimate of drug-likeness (QED) is 0.0668. The fourth-order valence-electron chi connectivity index (χ4n) is 2.39. The summed E-state index contributed by atoms with van der Waals surface area (Å²) in [6.45, 7) is 12.6. The van der Waals surface area contributed by atoms with Gasteiger partial charge in [-0.2, -0.15) is 44.7 Å². The van der Waals surface area contributed by atoms with Gasteiger partial charge in [0.05, 0.1) is 18.6 Å².